The molecule has 0 spiro atoms. The van der Waals surface area contributed by atoms with Gasteiger partial charge in [0, 0.05) is 5.00 Å². The lowest BCUT2D eigenvalue weighted by molar-refractivity contribution is 0.841. The van der Waals surface area contributed by atoms with Crippen LogP contribution in [0.2, 0.25) is 12.1 Å². The van der Waals surface area contributed by atoms with Crippen LogP contribution in [-0.4, -0.2) is 13.8 Å². The SMILES string of the molecule is CCCC(Cl)[SiH](CC)CC. The third-order valence-corrected chi connectivity index (χ3v) is 6.87. The summed E-state index contributed by atoms with van der Waals surface area (Å²) in [5, 5.41) is 0.556. The van der Waals surface area contributed by atoms with E-state index >= 15 is 0 Å². The molecule has 0 aliphatic rings. The Balaban J connectivity index is 3.53. The molecule has 0 aromatic carbocycles. The predicted octanol–water partition coefficient (Wildman–Crippen LogP) is 3.20. The zero-order valence-electron chi connectivity index (χ0n) is 7.36. The fraction of sp³-hybridized carbons (Fsp3) is 1.00. The van der Waals surface area contributed by atoms with Crippen molar-refractivity contribution >= 4 is 20.4 Å². The van der Waals surface area contributed by atoms with Gasteiger partial charge in [0.15, 0.2) is 0 Å². The van der Waals surface area contributed by atoms with E-state index in [1.165, 1.54) is 24.9 Å². The summed E-state index contributed by atoms with van der Waals surface area (Å²) < 4.78 is 0. The van der Waals surface area contributed by atoms with Crippen molar-refractivity contribution in [1.82, 2.24) is 0 Å². The Kier molecular flexibility index (Phi) is 6.55. The van der Waals surface area contributed by atoms with E-state index in [0.29, 0.717) is 5.00 Å². The van der Waals surface area contributed by atoms with Crippen LogP contribution in [-0.2, 0) is 0 Å². The number of hydrogen-bond acceptors (Lipinski definition) is 0. The molecular formula is C8H19ClSi. The van der Waals surface area contributed by atoms with Gasteiger partial charge in [-0.25, -0.2) is 0 Å². The first-order chi connectivity index (χ1) is 4.76. The molecule has 0 aliphatic heterocycles. The third kappa shape index (κ3) is 3.62. The molecule has 0 fully saturated rings. The third-order valence-electron chi connectivity index (χ3n) is 2.12. The highest BCUT2D eigenvalue weighted by atomic mass is 35.5. The van der Waals surface area contributed by atoms with E-state index in [-0.39, 0.29) is 0 Å². The molecule has 0 aromatic heterocycles. The molecule has 1 atom stereocenters. The van der Waals surface area contributed by atoms with Crippen LogP contribution < -0.4 is 0 Å². The highest BCUT2D eigenvalue weighted by molar-refractivity contribution is 6.69. The van der Waals surface area contributed by atoms with Gasteiger partial charge in [-0.3, -0.25) is 0 Å². The van der Waals surface area contributed by atoms with Gasteiger partial charge in [0.05, 0.1) is 8.80 Å². The minimum atomic E-state index is -0.538. The van der Waals surface area contributed by atoms with Gasteiger partial charge in [-0.15, -0.1) is 11.6 Å². The second-order valence-electron chi connectivity index (χ2n) is 2.88. The second-order valence-corrected chi connectivity index (χ2v) is 7.82. The Hall–Kier alpha value is 0.507. The minimum absolute atomic E-state index is 0.538. The summed E-state index contributed by atoms with van der Waals surface area (Å²) in [4.78, 5) is 0. The molecule has 10 heavy (non-hydrogen) atoms. The van der Waals surface area contributed by atoms with Crippen molar-refractivity contribution < 1.29 is 0 Å². The average molecular weight is 179 g/mol. The standard InChI is InChI=1S/C8H19ClSi/c1-4-7-8(9)10(5-2)6-3/h8,10H,4-7H2,1-3H3. The zero-order chi connectivity index (χ0) is 7.98. The van der Waals surface area contributed by atoms with Gasteiger partial charge in [0.25, 0.3) is 0 Å². The zero-order valence-corrected chi connectivity index (χ0v) is 9.27. The maximum atomic E-state index is 6.21. The van der Waals surface area contributed by atoms with Gasteiger partial charge >= 0.3 is 0 Å². The van der Waals surface area contributed by atoms with Crippen LogP contribution in [0.1, 0.15) is 33.6 Å². The van der Waals surface area contributed by atoms with E-state index in [0.717, 1.165) is 0 Å². The van der Waals surface area contributed by atoms with E-state index in [9.17, 15) is 0 Å². The minimum Gasteiger partial charge on any atom is -0.127 e. The Morgan fingerprint density at radius 3 is 2.00 bits per heavy atom. The molecule has 0 heterocycles. The molecule has 0 bridgehead atoms. The van der Waals surface area contributed by atoms with Gasteiger partial charge in [-0.05, 0) is 6.42 Å². The highest BCUT2D eigenvalue weighted by Gasteiger charge is 2.15. The molecule has 0 radical (unpaired) electrons. The van der Waals surface area contributed by atoms with E-state index < -0.39 is 8.80 Å². The largest absolute Gasteiger partial charge is 0.127 e. The Morgan fingerprint density at radius 2 is 1.70 bits per heavy atom. The van der Waals surface area contributed by atoms with Crippen LogP contribution in [0, 0.1) is 0 Å². The molecular weight excluding hydrogens is 160 g/mol. The Bertz CT molecular complexity index is 71.7. The van der Waals surface area contributed by atoms with Crippen molar-refractivity contribution in [3.8, 4) is 0 Å². The fourth-order valence-corrected chi connectivity index (χ4v) is 5.00. The van der Waals surface area contributed by atoms with Crippen LogP contribution in [0.25, 0.3) is 0 Å². The van der Waals surface area contributed by atoms with Gasteiger partial charge < -0.3 is 0 Å². The molecule has 62 valence electrons. The lowest BCUT2D eigenvalue weighted by Crippen LogP contribution is -2.23. The van der Waals surface area contributed by atoms with E-state index in [4.69, 9.17) is 11.6 Å². The van der Waals surface area contributed by atoms with Gasteiger partial charge in [-0.2, -0.15) is 0 Å². The molecule has 0 saturated heterocycles. The van der Waals surface area contributed by atoms with Gasteiger partial charge in [-0.1, -0.05) is 39.3 Å². The van der Waals surface area contributed by atoms with Gasteiger partial charge in [0.1, 0.15) is 0 Å². The second kappa shape index (κ2) is 6.23. The first-order valence-electron chi connectivity index (χ1n) is 4.40. The van der Waals surface area contributed by atoms with Crippen molar-refractivity contribution in [2.75, 3.05) is 0 Å². The number of alkyl halides is 1. The van der Waals surface area contributed by atoms with Gasteiger partial charge in [0.2, 0.25) is 0 Å². The smallest absolute Gasteiger partial charge is 0.0574 e. The first kappa shape index (κ1) is 10.5. The molecule has 2 heteroatoms. The van der Waals surface area contributed by atoms with E-state index in [1.807, 2.05) is 0 Å². The van der Waals surface area contributed by atoms with Crippen molar-refractivity contribution in [2.45, 2.75) is 50.7 Å². The van der Waals surface area contributed by atoms with E-state index in [1.54, 1.807) is 0 Å². The summed E-state index contributed by atoms with van der Waals surface area (Å²) in [6.07, 6.45) is 2.48. The van der Waals surface area contributed by atoms with Crippen LogP contribution in [0.15, 0.2) is 0 Å². The summed E-state index contributed by atoms with van der Waals surface area (Å²) >= 11 is 6.21. The molecule has 0 amide bonds. The molecule has 0 rings (SSSR count). The van der Waals surface area contributed by atoms with E-state index in [2.05, 4.69) is 20.8 Å². The molecule has 0 saturated carbocycles. The Labute approximate surface area is 71.6 Å². The molecule has 0 aliphatic carbocycles. The van der Waals surface area contributed by atoms with Crippen LogP contribution >= 0.6 is 11.6 Å². The summed E-state index contributed by atoms with van der Waals surface area (Å²) in [6.45, 7) is 6.78. The first-order valence-corrected chi connectivity index (χ1v) is 7.13. The number of hydrogen-bond donors (Lipinski definition) is 0. The topological polar surface area (TPSA) is 0 Å². The van der Waals surface area contributed by atoms with Crippen molar-refractivity contribution in [2.24, 2.45) is 0 Å². The summed E-state index contributed by atoms with van der Waals surface area (Å²) in [5.41, 5.74) is 0. The quantitative estimate of drug-likeness (QED) is 0.448. The van der Waals surface area contributed by atoms with Crippen molar-refractivity contribution in [1.29, 1.82) is 0 Å². The van der Waals surface area contributed by atoms with Crippen molar-refractivity contribution in [3.63, 3.8) is 0 Å². The summed E-state index contributed by atoms with van der Waals surface area (Å²) in [5.74, 6) is 0. The monoisotopic (exact) mass is 178 g/mol. The maximum Gasteiger partial charge on any atom is 0.0574 e. The fourth-order valence-electron chi connectivity index (χ4n) is 1.31. The average Bonchev–Trinajstić information content (AvgIpc) is 1.91. The molecule has 0 aromatic rings. The Morgan fingerprint density at radius 1 is 1.20 bits per heavy atom. The molecule has 0 N–H and O–H groups in total. The van der Waals surface area contributed by atoms with Crippen molar-refractivity contribution in [3.05, 3.63) is 0 Å². The van der Waals surface area contributed by atoms with Crippen LogP contribution in [0.4, 0.5) is 0 Å². The lowest BCUT2D eigenvalue weighted by atomic mass is 10.4. The summed E-state index contributed by atoms with van der Waals surface area (Å²) in [6, 6.07) is 2.73. The highest BCUT2D eigenvalue weighted by Crippen LogP contribution is 2.14. The number of halogens is 1. The van der Waals surface area contributed by atoms with Crippen LogP contribution in [0.3, 0.4) is 0 Å². The number of rotatable bonds is 5. The molecule has 1 unspecified atom stereocenters. The molecule has 0 nitrogen and oxygen atoms in total. The van der Waals surface area contributed by atoms with Crippen LogP contribution in [0.5, 0.6) is 0 Å². The normalized spacial score (nSPS) is 14.1. The summed E-state index contributed by atoms with van der Waals surface area (Å²) in [7, 11) is -0.538. The maximum absolute atomic E-state index is 6.21. The predicted molar refractivity (Wildman–Crippen MR) is 52.7 cm³/mol. The lowest BCUT2D eigenvalue weighted by Gasteiger charge is -2.16.